The van der Waals surface area contributed by atoms with Crippen molar-refractivity contribution in [3.63, 3.8) is 0 Å². The molecule has 11 rings (SSSR count). The lowest BCUT2D eigenvalue weighted by atomic mass is 9.49. The maximum Gasteiger partial charge on any atom is 0.334 e. The van der Waals surface area contributed by atoms with Crippen LogP contribution in [0.5, 0.6) is 11.5 Å². The number of carbonyl (C=O) groups is 3. The summed E-state index contributed by atoms with van der Waals surface area (Å²) in [5.41, 5.74) is 1.88. The zero-order chi connectivity index (χ0) is 53.6. The second-order valence-corrected chi connectivity index (χ2v) is 24.3. The second kappa shape index (κ2) is 22.4. The number of nitrogens with one attached hydrogen (secondary N) is 1. The van der Waals surface area contributed by atoms with E-state index in [-0.39, 0.29) is 98.7 Å². The Bertz CT molecular complexity index is 2850. The summed E-state index contributed by atoms with van der Waals surface area (Å²) in [5.74, 6) is 2.98. The molecule has 0 saturated heterocycles. The zero-order valence-corrected chi connectivity index (χ0v) is 44.5. The first-order valence-electron chi connectivity index (χ1n) is 28.9. The molecule has 13 heteroatoms. The number of aliphatic hydroxyl groups is 5. The van der Waals surface area contributed by atoms with Gasteiger partial charge in [0.25, 0.3) is 0 Å². The maximum atomic E-state index is 15.7. The quantitative estimate of drug-likeness (QED) is 0.0440. The van der Waals surface area contributed by atoms with Crippen molar-refractivity contribution >= 4 is 23.4 Å². The average molecular weight is 1050 g/mol. The van der Waals surface area contributed by atoms with E-state index in [1.165, 1.54) is 6.08 Å². The van der Waals surface area contributed by atoms with Gasteiger partial charge < -0.3 is 50.2 Å². The highest BCUT2D eigenvalue weighted by Crippen LogP contribution is 2.58. The van der Waals surface area contributed by atoms with Crippen molar-refractivity contribution < 1.29 is 59.2 Å². The van der Waals surface area contributed by atoms with E-state index in [0.717, 1.165) is 68.9 Å². The Morgan fingerprint density at radius 3 is 2.44 bits per heavy atom. The number of ether oxygens (including phenoxy) is 3. The molecular formula is C64H77NO12. The Hall–Kier alpha value is -5.33. The molecule has 13 nitrogen and oxygen atoms in total. The second-order valence-electron chi connectivity index (χ2n) is 24.3. The predicted molar refractivity (Wildman–Crippen MR) is 289 cm³/mol. The van der Waals surface area contributed by atoms with Gasteiger partial charge in [0.15, 0.2) is 0 Å². The highest BCUT2D eigenvalue weighted by molar-refractivity contribution is 5.89. The summed E-state index contributed by atoms with van der Waals surface area (Å²) in [5, 5.41) is 75.9. The van der Waals surface area contributed by atoms with E-state index in [1.807, 2.05) is 36.4 Å². The highest BCUT2D eigenvalue weighted by Gasteiger charge is 2.62. The van der Waals surface area contributed by atoms with Crippen LogP contribution in [0.4, 0.5) is 5.69 Å². The van der Waals surface area contributed by atoms with Crippen molar-refractivity contribution in [2.45, 2.75) is 189 Å². The zero-order valence-electron chi connectivity index (χ0n) is 44.5. The Morgan fingerprint density at radius 2 is 1.65 bits per heavy atom. The van der Waals surface area contributed by atoms with Crippen molar-refractivity contribution in [3.8, 4) is 23.3 Å². The summed E-state index contributed by atoms with van der Waals surface area (Å²) in [4.78, 5) is 43.9. The molecule has 0 aromatic heterocycles. The molecule has 10 bridgehead atoms. The molecular weight excluding hydrogens is 975 g/mol. The fourth-order valence-electron chi connectivity index (χ4n) is 15.0. The number of fused-ring (bicyclic) bond motifs is 9. The van der Waals surface area contributed by atoms with Crippen molar-refractivity contribution in [3.05, 3.63) is 111 Å². The van der Waals surface area contributed by atoms with Crippen LogP contribution in [0.3, 0.4) is 0 Å². The molecule has 3 aliphatic heterocycles. The van der Waals surface area contributed by atoms with Gasteiger partial charge >= 0.3 is 11.9 Å². The Morgan fingerprint density at radius 1 is 0.883 bits per heavy atom. The van der Waals surface area contributed by atoms with E-state index in [1.54, 1.807) is 19.1 Å². The number of phenolic OH excluding ortho intramolecular Hbond substituents is 1. The van der Waals surface area contributed by atoms with Crippen LogP contribution in [0.1, 0.15) is 166 Å². The monoisotopic (exact) mass is 1050 g/mol. The van der Waals surface area contributed by atoms with E-state index in [2.05, 4.69) is 29.3 Å². The number of aromatic hydroxyl groups is 1. The fraction of sp³-hybridized carbons (Fsp3) is 0.578. The SMILES string of the molecule is CC(O)(CNc1cc(CO)cc(C2C#CC3CC(=O)Oc4c3cc(c(O)c4C3CCCCC3)CC3OC(=O)C(=CC(O)Cc4cccc(c4)CC4C(=O)CCC5C4CC4C=CCCC4C35O)C2)c1)C(O)COC1CCCC1. The number of rotatable bonds is 10. The van der Waals surface area contributed by atoms with E-state index >= 15 is 4.79 Å². The minimum atomic E-state index is -1.67. The molecule has 0 spiro atoms. The highest BCUT2D eigenvalue weighted by atomic mass is 16.6. The third kappa shape index (κ3) is 11.0. The molecule has 7 N–H and O–H groups in total. The summed E-state index contributed by atoms with van der Waals surface area (Å²) < 4.78 is 19.1. The van der Waals surface area contributed by atoms with Crippen LogP contribution >= 0.6 is 0 Å². The molecule has 77 heavy (non-hydrogen) atoms. The van der Waals surface area contributed by atoms with Gasteiger partial charge in [0.1, 0.15) is 40.7 Å². The summed E-state index contributed by atoms with van der Waals surface area (Å²) in [6, 6.07) is 15.1. The molecule has 0 radical (unpaired) electrons. The number of Topliss-reactive ketones (excluding diaryl/α,β-unsaturated/α-hetero) is 1. The van der Waals surface area contributed by atoms with Gasteiger partial charge in [-0.1, -0.05) is 86.4 Å². The van der Waals surface area contributed by atoms with Gasteiger partial charge in [-0.2, -0.15) is 0 Å². The Kier molecular flexibility index (Phi) is 15.6. The standard InChI is InChI=1S/C64H77NO12/c1-63(73,56(69)35-75-49-15-6-7-16-49)36-65-47-24-39(34-66)23-44(28-47)41-18-19-42-33-58(70)77-61-50(42)31-45(60(71)59(61)40-12-3-2-4-13-40)32-57-64(74)53-17-8-5-14-43(53)30-51-52(55(68)21-20-54(51)64)26-38-11-9-10-37(22-38)25-48(67)29-46(27-41)62(72)76-57/h5,9-11,14,22-24,28-29,31,40-43,48-49,51-54,56-57,65-67,69,71,73-74H,2-4,6-8,12-13,15-17,20-21,25-27,30,32-36H2,1H3. The van der Waals surface area contributed by atoms with Gasteiger partial charge in [-0.3, -0.25) is 9.59 Å². The largest absolute Gasteiger partial charge is 0.507 e. The first kappa shape index (κ1) is 53.7. The number of hydrogen-bond acceptors (Lipinski definition) is 13. The number of hydrogen-bond donors (Lipinski definition) is 7. The molecule has 5 aliphatic carbocycles. The normalized spacial score (nSPS) is 31.7. The van der Waals surface area contributed by atoms with Gasteiger partial charge in [0.2, 0.25) is 0 Å². The van der Waals surface area contributed by atoms with Crippen molar-refractivity contribution in [2.24, 2.45) is 29.6 Å². The number of allylic oxidation sites excluding steroid dienone is 2. The Labute approximate surface area is 452 Å². The first-order chi connectivity index (χ1) is 37.1. The third-order valence-electron chi connectivity index (χ3n) is 19.1. The number of carbonyl (C=O) groups excluding carboxylic acids is 3. The predicted octanol–water partition coefficient (Wildman–Crippen LogP) is 8.47. The minimum absolute atomic E-state index is 0.0273. The minimum Gasteiger partial charge on any atom is -0.507 e. The number of anilines is 1. The van der Waals surface area contributed by atoms with Crippen molar-refractivity contribution in [2.75, 3.05) is 18.5 Å². The Balaban J connectivity index is 1.07. The summed E-state index contributed by atoms with van der Waals surface area (Å²) >= 11 is 0. The van der Waals surface area contributed by atoms with Crippen molar-refractivity contribution in [1.82, 2.24) is 0 Å². The van der Waals surface area contributed by atoms with E-state index in [4.69, 9.17) is 14.2 Å². The molecule has 4 fully saturated rings. The van der Waals surface area contributed by atoms with Crippen LogP contribution in [0.25, 0.3) is 0 Å². The van der Waals surface area contributed by atoms with Crippen LogP contribution < -0.4 is 10.1 Å². The van der Waals surface area contributed by atoms with Crippen LogP contribution in [-0.2, 0) is 49.7 Å². The molecule has 12 unspecified atom stereocenters. The van der Waals surface area contributed by atoms with Crippen LogP contribution in [0.2, 0.25) is 0 Å². The lowest BCUT2D eigenvalue weighted by Crippen LogP contribution is -2.65. The van der Waals surface area contributed by atoms with Crippen LogP contribution in [0, 0.1) is 41.4 Å². The third-order valence-corrected chi connectivity index (χ3v) is 19.1. The summed E-state index contributed by atoms with van der Waals surface area (Å²) in [6.45, 7) is 1.08. The fourth-order valence-corrected chi connectivity index (χ4v) is 15.0. The number of esters is 2. The molecule has 3 aromatic rings. The first-order valence-corrected chi connectivity index (χ1v) is 28.9. The molecule has 0 amide bonds. The molecule has 8 aliphatic rings. The number of aliphatic hydroxyl groups excluding tert-OH is 3. The van der Waals surface area contributed by atoms with Gasteiger partial charge in [0.05, 0.1) is 37.8 Å². The summed E-state index contributed by atoms with van der Waals surface area (Å²) in [7, 11) is 0. The van der Waals surface area contributed by atoms with Gasteiger partial charge in [-0.25, -0.2) is 4.79 Å². The van der Waals surface area contributed by atoms with E-state index in [0.29, 0.717) is 71.4 Å². The molecule has 3 aromatic carbocycles. The number of benzene rings is 3. The van der Waals surface area contributed by atoms with Crippen molar-refractivity contribution in [1.29, 1.82) is 0 Å². The molecule has 3 heterocycles. The number of phenols is 1. The van der Waals surface area contributed by atoms with Gasteiger partial charge in [-0.05, 0) is 153 Å². The smallest absolute Gasteiger partial charge is 0.334 e. The van der Waals surface area contributed by atoms with E-state index < -0.39 is 65.1 Å². The lowest BCUT2D eigenvalue weighted by molar-refractivity contribution is -0.221. The molecule has 12 atom stereocenters. The van der Waals surface area contributed by atoms with Crippen LogP contribution in [0.15, 0.2) is 72.3 Å². The lowest BCUT2D eigenvalue weighted by Gasteiger charge is -2.58. The number of ketones is 1. The van der Waals surface area contributed by atoms with Gasteiger partial charge in [-0.15, -0.1) is 0 Å². The maximum absolute atomic E-state index is 15.7. The molecule has 410 valence electrons. The van der Waals surface area contributed by atoms with Crippen LogP contribution in [-0.4, -0.2) is 97.1 Å². The molecule has 4 saturated carbocycles. The van der Waals surface area contributed by atoms with Gasteiger partial charge in [0, 0.05) is 60.0 Å². The topological polar surface area (TPSA) is 212 Å². The average Bonchev–Trinajstić information content (AvgIpc) is 4.07. The van der Waals surface area contributed by atoms with E-state index in [9.17, 15) is 40.2 Å². The summed E-state index contributed by atoms with van der Waals surface area (Å²) in [6.07, 6.45) is 13.9.